The summed E-state index contributed by atoms with van der Waals surface area (Å²) in [5.74, 6) is -0.310. The molecule has 16 nitrogen and oxygen atoms in total. The predicted molar refractivity (Wildman–Crippen MR) is 172 cm³/mol. The van der Waals surface area contributed by atoms with Gasteiger partial charge in [0.05, 0.1) is 46.2 Å². The molecule has 1 unspecified atom stereocenters. The van der Waals surface area contributed by atoms with Gasteiger partial charge in [0, 0.05) is 169 Å². The molecule has 4 radical (unpaired) electrons. The van der Waals surface area contributed by atoms with Crippen molar-refractivity contribution < 1.29 is 194 Å². The summed E-state index contributed by atoms with van der Waals surface area (Å²) in [5.41, 5.74) is -0.271. The SMILES string of the molecule is C=O.C=O.CC(C)(C)C(CCCCNC(=O)OCCCO)NCOOCCOCCO.CC(C)(C)N(CCOCCO)C(=O)CO.[Y].[Y].[Y].[Y]. The molecule has 0 rings (SSSR count). The van der Waals surface area contributed by atoms with Gasteiger partial charge < -0.3 is 54.4 Å². The van der Waals surface area contributed by atoms with Gasteiger partial charge >= 0.3 is 6.09 Å². The summed E-state index contributed by atoms with van der Waals surface area (Å²) in [6.45, 7) is 18.7. The zero-order valence-corrected chi connectivity index (χ0v) is 42.6. The molecule has 0 fully saturated rings. The quantitative estimate of drug-likeness (QED) is 0.0354. The third-order valence-electron chi connectivity index (χ3n) is 5.73. The summed E-state index contributed by atoms with van der Waals surface area (Å²) < 4.78 is 15.0. The van der Waals surface area contributed by atoms with E-state index in [4.69, 9.17) is 54.0 Å². The van der Waals surface area contributed by atoms with Crippen molar-refractivity contribution in [2.45, 2.75) is 78.8 Å². The molecule has 0 aliphatic heterocycles. The van der Waals surface area contributed by atoms with Gasteiger partial charge in [0.25, 0.3) is 0 Å². The number of rotatable bonds is 23. The van der Waals surface area contributed by atoms with E-state index in [1.54, 1.807) is 4.90 Å². The van der Waals surface area contributed by atoms with E-state index in [0.29, 0.717) is 45.9 Å². The average Bonchev–Trinajstić information content (AvgIpc) is 3.02. The number of amides is 2. The minimum absolute atomic E-state index is 0. The van der Waals surface area contributed by atoms with Crippen molar-refractivity contribution in [2.75, 3.05) is 85.9 Å². The number of nitrogens with zero attached hydrogens (tertiary/aromatic N) is 1. The molecule has 0 aromatic rings. The largest absolute Gasteiger partial charge is 0.449 e. The van der Waals surface area contributed by atoms with Gasteiger partial charge in [0.2, 0.25) is 5.91 Å². The van der Waals surface area contributed by atoms with Crippen LogP contribution in [0.15, 0.2) is 0 Å². The van der Waals surface area contributed by atoms with Crippen LogP contribution in [-0.2, 0) is 169 Å². The molecular weight excluding hydrogens is 966 g/mol. The van der Waals surface area contributed by atoms with Crippen LogP contribution in [0.25, 0.3) is 0 Å². The van der Waals surface area contributed by atoms with Gasteiger partial charge in [-0.25, -0.2) is 14.6 Å². The first-order chi connectivity index (χ1) is 21.8. The molecular formula is C30H63N3O13Y4. The van der Waals surface area contributed by atoms with Crippen LogP contribution in [0.3, 0.4) is 0 Å². The topological polar surface area (TPSA) is 223 Å². The van der Waals surface area contributed by atoms with Gasteiger partial charge in [-0.05, 0) is 39.0 Å². The molecule has 2 amide bonds. The number of hydrogen-bond donors (Lipinski definition) is 6. The smallest absolute Gasteiger partial charge is 0.407 e. The van der Waals surface area contributed by atoms with Crippen LogP contribution >= 0.6 is 0 Å². The number of hydrogen-bond acceptors (Lipinski definition) is 14. The van der Waals surface area contributed by atoms with Gasteiger partial charge in [-0.15, -0.1) is 0 Å². The minimum Gasteiger partial charge on any atom is -0.449 e. The first kappa shape index (κ1) is 70.0. The zero-order valence-electron chi connectivity index (χ0n) is 31.2. The Labute approximate surface area is 400 Å². The Morgan fingerprint density at radius 1 is 0.700 bits per heavy atom. The molecule has 1 atom stereocenters. The van der Waals surface area contributed by atoms with Gasteiger partial charge in [0.15, 0.2) is 0 Å². The van der Waals surface area contributed by atoms with E-state index >= 15 is 0 Å². The third kappa shape index (κ3) is 50.1. The number of unbranched alkanes of at least 4 members (excludes halogenated alkanes) is 1. The first-order valence-corrected chi connectivity index (χ1v) is 15.2. The fourth-order valence-electron chi connectivity index (χ4n) is 3.52. The Kier molecular flexibility index (Phi) is 71.6. The fraction of sp³-hybridized carbons (Fsp3) is 0.867. The summed E-state index contributed by atoms with van der Waals surface area (Å²) in [6, 6.07) is 0.239. The Morgan fingerprint density at radius 3 is 1.70 bits per heavy atom. The average molecular weight is 1030 g/mol. The summed E-state index contributed by atoms with van der Waals surface area (Å²) in [6.07, 6.45) is 2.74. The van der Waals surface area contributed by atoms with E-state index in [9.17, 15) is 9.59 Å². The molecule has 0 aromatic carbocycles. The van der Waals surface area contributed by atoms with Crippen molar-refractivity contribution in [3.8, 4) is 0 Å². The van der Waals surface area contributed by atoms with Gasteiger partial charge in [-0.3, -0.25) is 10.1 Å². The Balaban J connectivity index is -0.000000110. The fourth-order valence-corrected chi connectivity index (χ4v) is 3.52. The van der Waals surface area contributed by atoms with E-state index in [-0.39, 0.29) is 194 Å². The van der Waals surface area contributed by atoms with Crippen molar-refractivity contribution in [1.29, 1.82) is 0 Å². The van der Waals surface area contributed by atoms with Crippen molar-refractivity contribution >= 4 is 25.6 Å². The number of nitrogens with one attached hydrogen (secondary N) is 2. The van der Waals surface area contributed by atoms with Gasteiger partial charge in [0.1, 0.15) is 33.5 Å². The van der Waals surface area contributed by atoms with Gasteiger partial charge in [-0.2, -0.15) is 0 Å². The van der Waals surface area contributed by atoms with Crippen LogP contribution in [0.2, 0.25) is 0 Å². The molecule has 6 N–H and O–H groups in total. The number of carbonyl (C=O) groups is 4. The second kappa shape index (κ2) is 51.1. The number of aliphatic hydroxyl groups excluding tert-OH is 4. The van der Waals surface area contributed by atoms with Crippen LogP contribution in [0.1, 0.15) is 67.2 Å². The summed E-state index contributed by atoms with van der Waals surface area (Å²) in [7, 11) is 0. The Hall–Kier alpha value is 2.14. The molecule has 0 bridgehead atoms. The van der Waals surface area contributed by atoms with Crippen molar-refractivity contribution in [3.63, 3.8) is 0 Å². The Bertz CT molecular complexity index is 696. The number of carbonyl (C=O) groups excluding carboxylic acids is 4. The van der Waals surface area contributed by atoms with Crippen molar-refractivity contribution in [2.24, 2.45) is 5.41 Å². The molecule has 0 aliphatic rings. The maximum Gasteiger partial charge on any atom is 0.407 e. The predicted octanol–water partition coefficient (Wildman–Crippen LogP) is 0.419. The second-order valence-electron chi connectivity index (χ2n) is 11.4. The zero-order chi connectivity index (χ0) is 36.3. The molecule has 0 aromatic heterocycles. The van der Waals surface area contributed by atoms with Crippen LogP contribution in [0.5, 0.6) is 0 Å². The molecule has 0 aliphatic carbocycles. The van der Waals surface area contributed by atoms with E-state index in [1.165, 1.54) is 0 Å². The van der Waals surface area contributed by atoms with E-state index in [2.05, 4.69) is 31.4 Å². The molecule has 0 saturated carbocycles. The first-order valence-electron chi connectivity index (χ1n) is 15.2. The molecule has 0 saturated heterocycles. The summed E-state index contributed by atoms with van der Waals surface area (Å²) >= 11 is 0. The van der Waals surface area contributed by atoms with E-state index < -0.39 is 12.7 Å². The van der Waals surface area contributed by atoms with E-state index in [0.717, 1.165) is 19.3 Å². The maximum absolute atomic E-state index is 11.4. The van der Waals surface area contributed by atoms with Crippen LogP contribution < -0.4 is 10.6 Å². The monoisotopic (exact) mass is 1030 g/mol. The van der Waals surface area contributed by atoms with Crippen molar-refractivity contribution in [1.82, 2.24) is 15.5 Å². The second-order valence-corrected chi connectivity index (χ2v) is 11.4. The van der Waals surface area contributed by atoms with Gasteiger partial charge in [-0.1, -0.05) is 27.2 Å². The molecule has 50 heavy (non-hydrogen) atoms. The maximum atomic E-state index is 11.4. The molecule has 288 valence electrons. The number of aliphatic hydroxyl groups is 4. The number of ether oxygens (including phenoxy) is 3. The standard InChI is InChI=1S/C18H38N2O7.C10H21NO4.2CH2O.4Y/c1-18(2,3)16(20-15-27-26-14-13-24-12-10-22)7-4-5-8-19-17(23)25-11-6-9-21;1-10(2,3)11(9(14)8-13)4-6-15-7-5-12;2*1-2;;;;/h16,20-22H,4-15H2,1-3H3,(H,19,23);12-13H,4-8H2,1-3H3;2*1H2;;;;. The third-order valence-corrected chi connectivity index (χ3v) is 5.73. The summed E-state index contributed by atoms with van der Waals surface area (Å²) in [5, 5.41) is 40.5. The van der Waals surface area contributed by atoms with Crippen LogP contribution in [0.4, 0.5) is 4.79 Å². The summed E-state index contributed by atoms with van der Waals surface area (Å²) in [4.78, 5) is 50.4. The number of alkyl carbamates (subject to hydrolysis) is 1. The van der Waals surface area contributed by atoms with Crippen molar-refractivity contribution in [3.05, 3.63) is 0 Å². The molecule has 0 heterocycles. The van der Waals surface area contributed by atoms with Crippen LogP contribution in [-0.4, -0.2) is 148 Å². The molecule has 0 spiro atoms. The minimum atomic E-state index is -0.489. The van der Waals surface area contributed by atoms with E-state index in [1.807, 2.05) is 34.3 Å². The Morgan fingerprint density at radius 2 is 1.24 bits per heavy atom. The van der Waals surface area contributed by atoms with Crippen LogP contribution in [0, 0.1) is 5.41 Å². The molecule has 20 heteroatoms. The normalized spacial score (nSPS) is 10.5.